The van der Waals surface area contributed by atoms with Gasteiger partial charge < -0.3 is 21.3 Å². The van der Waals surface area contributed by atoms with Crippen LogP contribution in [0.3, 0.4) is 0 Å². The van der Waals surface area contributed by atoms with E-state index in [1.165, 1.54) is 10.9 Å². The van der Waals surface area contributed by atoms with Crippen molar-refractivity contribution < 1.29 is 19.8 Å². The van der Waals surface area contributed by atoms with Crippen LogP contribution in [0.4, 0.5) is 0 Å². The highest BCUT2D eigenvalue weighted by Gasteiger charge is 2.25. The molecule has 5 N–H and O–H groups in total. The van der Waals surface area contributed by atoms with Crippen LogP contribution in [-0.4, -0.2) is 56.2 Å². The van der Waals surface area contributed by atoms with Crippen LogP contribution in [0.5, 0.6) is 0 Å². The van der Waals surface area contributed by atoms with E-state index in [1.54, 1.807) is 26.0 Å². The number of benzene rings is 1. The highest BCUT2D eigenvalue weighted by molar-refractivity contribution is 9.10. The molecule has 11 heteroatoms. The lowest BCUT2D eigenvalue weighted by molar-refractivity contribution is -0.139. The number of ketones is 1. The summed E-state index contributed by atoms with van der Waals surface area (Å²) in [6, 6.07) is 2.26. The van der Waals surface area contributed by atoms with Gasteiger partial charge in [0.25, 0.3) is 5.56 Å². The number of halogens is 2. The number of aliphatic hydroxyl groups is 1. The van der Waals surface area contributed by atoms with Gasteiger partial charge in [0.1, 0.15) is 6.04 Å². The van der Waals surface area contributed by atoms with Crippen molar-refractivity contribution in [2.75, 3.05) is 6.54 Å². The molecule has 1 aromatic heterocycles. The van der Waals surface area contributed by atoms with Gasteiger partial charge >= 0.3 is 5.97 Å². The van der Waals surface area contributed by atoms with Crippen molar-refractivity contribution in [3.8, 4) is 0 Å². The Morgan fingerprint density at radius 3 is 2.66 bits per heavy atom. The molecule has 176 valence electrons. The Kier molecular flexibility index (Phi) is 9.78. The molecule has 2 aromatic rings. The molecule has 0 amide bonds. The maximum absolute atomic E-state index is 12.5. The number of carboxylic acids is 1. The van der Waals surface area contributed by atoms with Crippen LogP contribution in [-0.2, 0) is 16.1 Å². The van der Waals surface area contributed by atoms with Crippen molar-refractivity contribution in [2.24, 2.45) is 11.7 Å². The first kappa shape index (κ1) is 26.4. The predicted molar refractivity (Wildman–Crippen MR) is 126 cm³/mol. The molecule has 0 unspecified atom stereocenters. The second kappa shape index (κ2) is 11.9. The Balaban J connectivity index is 0.000000390. The fraction of sp³-hybridized carbons (Fsp3) is 0.524. The van der Waals surface area contributed by atoms with Crippen molar-refractivity contribution in [2.45, 2.75) is 57.8 Å². The summed E-state index contributed by atoms with van der Waals surface area (Å²) in [4.78, 5) is 39.0. The molecule has 2 heterocycles. The maximum atomic E-state index is 12.5. The highest BCUT2D eigenvalue weighted by Crippen LogP contribution is 2.25. The summed E-state index contributed by atoms with van der Waals surface area (Å²) in [5.74, 6) is -1.03. The first-order chi connectivity index (χ1) is 15.0. The number of hydrogen-bond donors (Lipinski definition) is 4. The van der Waals surface area contributed by atoms with Crippen LogP contribution in [0.2, 0.25) is 5.02 Å². The first-order valence-corrected chi connectivity index (χ1v) is 11.4. The van der Waals surface area contributed by atoms with Gasteiger partial charge in [0.15, 0.2) is 5.78 Å². The van der Waals surface area contributed by atoms with E-state index in [4.69, 9.17) is 22.4 Å². The molecule has 3 atom stereocenters. The normalized spacial score (nSPS) is 19.3. The molecule has 1 aliphatic heterocycles. The van der Waals surface area contributed by atoms with Crippen molar-refractivity contribution in [3.05, 3.63) is 38.3 Å². The third-order valence-electron chi connectivity index (χ3n) is 5.21. The van der Waals surface area contributed by atoms with E-state index in [9.17, 15) is 19.5 Å². The fourth-order valence-corrected chi connectivity index (χ4v) is 3.69. The minimum Gasteiger partial charge on any atom is -0.480 e. The second-order valence-corrected chi connectivity index (χ2v) is 9.34. The van der Waals surface area contributed by atoms with Gasteiger partial charge in [-0.1, -0.05) is 25.4 Å². The summed E-state index contributed by atoms with van der Waals surface area (Å²) in [6.45, 7) is 4.28. The zero-order valence-corrected chi connectivity index (χ0v) is 20.3. The first-order valence-electron chi connectivity index (χ1n) is 10.3. The lowest BCUT2D eigenvalue weighted by Gasteiger charge is -2.28. The summed E-state index contributed by atoms with van der Waals surface area (Å²) < 4.78 is 1.94. The highest BCUT2D eigenvalue weighted by atomic mass is 79.9. The number of rotatable bonds is 6. The largest absolute Gasteiger partial charge is 0.480 e. The third-order valence-corrected chi connectivity index (χ3v) is 6.41. The minimum absolute atomic E-state index is 0.0208. The summed E-state index contributed by atoms with van der Waals surface area (Å²) in [5, 5.41) is 22.1. The van der Waals surface area contributed by atoms with Gasteiger partial charge in [0, 0.05) is 16.9 Å². The standard InChI is InChI=1S/C16H17BrClN3O3.C5H11NO2/c17-11-6-13-10(5-12(11)18)16(24)21(8-20-13)7-9(22)4-14-15(23)2-1-3-19-14;1-3(2)4(6)5(7)8/h5-6,8,14-15,19,23H,1-4,7H2;3-4H,6H2,1-2H3,(H,7,8)/t14-,15+;4-/m00/s1. The van der Waals surface area contributed by atoms with Gasteiger partial charge in [-0.05, 0) is 53.4 Å². The Morgan fingerprint density at radius 2 is 2.09 bits per heavy atom. The number of nitrogens with zero attached hydrogens (tertiary/aromatic N) is 2. The van der Waals surface area contributed by atoms with Crippen LogP contribution in [0, 0.1) is 5.92 Å². The average molecular weight is 532 g/mol. The van der Waals surface area contributed by atoms with E-state index in [1.807, 2.05) is 0 Å². The number of aromatic nitrogens is 2. The summed E-state index contributed by atoms with van der Waals surface area (Å²) in [5.41, 5.74) is 5.37. The SMILES string of the molecule is CC(C)[C@H](N)C(=O)O.O=C(C[C@@H]1NCCC[C@H]1O)Cn1cnc2cc(Br)c(Cl)cc2c1=O. The van der Waals surface area contributed by atoms with E-state index in [0.717, 1.165) is 13.0 Å². The monoisotopic (exact) mass is 530 g/mol. The number of nitrogens with two attached hydrogens (primary N) is 1. The molecule has 3 rings (SSSR count). The van der Waals surface area contributed by atoms with Crippen LogP contribution < -0.4 is 16.6 Å². The van der Waals surface area contributed by atoms with Crippen LogP contribution in [0.25, 0.3) is 10.9 Å². The number of piperidine rings is 1. The average Bonchev–Trinajstić information content (AvgIpc) is 2.73. The number of Topliss-reactive ketones (excluding diaryl/α,β-unsaturated/α-hetero) is 1. The molecule has 0 saturated carbocycles. The number of carboxylic acid groups (broad SMARTS) is 1. The van der Waals surface area contributed by atoms with Crippen molar-refractivity contribution in [1.29, 1.82) is 0 Å². The zero-order chi connectivity index (χ0) is 24.0. The second-order valence-electron chi connectivity index (χ2n) is 8.08. The van der Waals surface area contributed by atoms with E-state index in [2.05, 4.69) is 26.2 Å². The Morgan fingerprint density at radius 1 is 1.41 bits per heavy atom. The molecule has 0 radical (unpaired) electrons. The molecule has 1 fully saturated rings. The molecule has 9 nitrogen and oxygen atoms in total. The number of carbonyl (C=O) groups excluding carboxylic acids is 1. The lowest BCUT2D eigenvalue weighted by atomic mass is 9.97. The van der Waals surface area contributed by atoms with Gasteiger partial charge in [-0.15, -0.1) is 0 Å². The van der Waals surface area contributed by atoms with Gasteiger partial charge in [-0.25, -0.2) is 4.98 Å². The van der Waals surface area contributed by atoms with Gasteiger partial charge in [-0.2, -0.15) is 0 Å². The van der Waals surface area contributed by atoms with Crippen LogP contribution >= 0.6 is 27.5 Å². The molecule has 0 spiro atoms. The molecule has 1 saturated heterocycles. The quantitative estimate of drug-likeness (QED) is 0.442. The van der Waals surface area contributed by atoms with Crippen LogP contribution in [0.1, 0.15) is 33.1 Å². The molecular formula is C21H28BrClN4O5. The van der Waals surface area contributed by atoms with Crippen molar-refractivity contribution in [3.63, 3.8) is 0 Å². The molecule has 1 aromatic carbocycles. The zero-order valence-electron chi connectivity index (χ0n) is 17.9. The van der Waals surface area contributed by atoms with Crippen LogP contribution in [0.15, 0.2) is 27.7 Å². The number of aliphatic hydroxyl groups excluding tert-OH is 1. The molecular weight excluding hydrogens is 504 g/mol. The predicted octanol–water partition coefficient (Wildman–Crippen LogP) is 1.94. The Hall–Kier alpha value is -1.85. The molecule has 1 aliphatic rings. The molecule has 0 bridgehead atoms. The maximum Gasteiger partial charge on any atom is 0.320 e. The topological polar surface area (TPSA) is 148 Å². The number of carbonyl (C=O) groups is 2. The fourth-order valence-electron chi connectivity index (χ4n) is 3.20. The van der Waals surface area contributed by atoms with E-state index in [0.29, 0.717) is 26.8 Å². The molecule has 32 heavy (non-hydrogen) atoms. The Labute approximate surface area is 199 Å². The van der Waals surface area contributed by atoms with Gasteiger partial charge in [0.2, 0.25) is 0 Å². The lowest BCUT2D eigenvalue weighted by Crippen LogP contribution is -2.46. The minimum atomic E-state index is -0.931. The van der Waals surface area contributed by atoms with Crippen molar-refractivity contribution >= 4 is 50.2 Å². The summed E-state index contributed by atoms with van der Waals surface area (Å²) in [6.07, 6.45) is 2.62. The van der Waals surface area contributed by atoms with Crippen molar-refractivity contribution in [1.82, 2.24) is 14.9 Å². The Bertz CT molecular complexity index is 1030. The number of nitrogens with one attached hydrogen (secondary N) is 1. The van der Waals surface area contributed by atoms with E-state index >= 15 is 0 Å². The number of hydrogen-bond acceptors (Lipinski definition) is 7. The molecule has 0 aliphatic carbocycles. The van der Waals surface area contributed by atoms with Gasteiger partial charge in [-0.3, -0.25) is 19.0 Å². The number of aliphatic carboxylic acids is 1. The third kappa shape index (κ3) is 7.08. The van der Waals surface area contributed by atoms with E-state index in [-0.39, 0.29) is 36.3 Å². The summed E-state index contributed by atoms with van der Waals surface area (Å²) >= 11 is 9.33. The smallest absolute Gasteiger partial charge is 0.320 e. The number of fused-ring (bicyclic) bond motifs is 1. The summed E-state index contributed by atoms with van der Waals surface area (Å²) in [7, 11) is 0. The van der Waals surface area contributed by atoms with Gasteiger partial charge in [0.05, 0.1) is 34.9 Å². The van der Waals surface area contributed by atoms with E-state index < -0.39 is 18.1 Å².